The molecule has 3 aliphatic rings. The van der Waals surface area contributed by atoms with Crippen molar-refractivity contribution in [2.24, 2.45) is 11.8 Å². The van der Waals surface area contributed by atoms with E-state index in [2.05, 4.69) is 5.32 Å². The molecule has 5 nitrogen and oxygen atoms in total. The Balaban J connectivity index is 1.62. The summed E-state index contributed by atoms with van der Waals surface area (Å²) in [4.78, 5) is 14.6. The van der Waals surface area contributed by atoms with Crippen molar-refractivity contribution in [3.05, 3.63) is 0 Å². The van der Waals surface area contributed by atoms with E-state index in [1.165, 1.54) is 19.3 Å². The average Bonchev–Trinajstić information content (AvgIpc) is 2.92. The highest BCUT2D eigenvalue weighted by Gasteiger charge is 2.37. The van der Waals surface area contributed by atoms with Crippen LogP contribution in [0, 0.1) is 11.8 Å². The van der Waals surface area contributed by atoms with Crippen LogP contribution >= 0.6 is 0 Å². The molecule has 2 aliphatic heterocycles. The largest absolute Gasteiger partial charge is 0.341 e. The molecule has 1 amide bonds. The predicted octanol–water partition coefficient (Wildman–Crippen LogP) is 0.412. The molecule has 6 heteroatoms. The summed E-state index contributed by atoms with van der Waals surface area (Å²) in [5.74, 6) is 0.679. The van der Waals surface area contributed by atoms with Crippen LogP contribution in [0.2, 0.25) is 0 Å². The molecule has 0 aromatic heterocycles. The van der Waals surface area contributed by atoms with E-state index in [-0.39, 0.29) is 23.3 Å². The minimum absolute atomic E-state index is 0.0606. The summed E-state index contributed by atoms with van der Waals surface area (Å²) < 4.78 is 23.1. The third-order valence-corrected chi connectivity index (χ3v) is 6.44. The van der Waals surface area contributed by atoms with Gasteiger partial charge in [0, 0.05) is 19.1 Å². The van der Waals surface area contributed by atoms with E-state index in [1.807, 2.05) is 4.90 Å². The van der Waals surface area contributed by atoms with Gasteiger partial charge >= 0.3 is 0 Å². The number of amides is 1. The molecule has 0 aromatic rings. The Bertz CT molecular complexity index is 467. The molecule has 114 valence electrons. The molecule has 1 aliphatic carbocycles. The van der Waals surface area contributed by atoms with E-state index in [0.29, 0.717) is 18.4 Å². The first-order valence-corrected chi connectivity index (χ1v) is 9.58. The molecule has 2 atom stereocenters. The van der Waals surface area contributed by atoms with Gasteiger partial charge in [-0.2, -0.15) is 0 Å². The quantitative estimate of drug-likeness (QED) is 0.799. The van der Waals surface area contributed by atoms with Crippen LogP contribution in [-0.4, -0.2) is 56.4 Å². The first kappa shape index (κ1) is 14.3. The molecule has 1 N–H and O–H groups in total. The number of rotatable bonds is 5. The van der Waals surface area contributed by atoms with Crippen molar-refractivity contribution in [3.8, 4) is 0 Å². The Labute approximate surface area is 121 Å². The molecule has 20 heavy (non-hydrogen) atoms. The SMILES string of the molecule is O=C(C1CCS(=O)(=O)C1)N(CC1CC1)CC1CCCN1. The lowest BCUT2D eigenvalue weighted by Gasteiger charge is -2.28. The summed E-state index contributed by atoms with van der Waals surface area (Å²) in [6.45, 7) is 2.62. The molecule has 3 rings (SSSR count). The van der Waals surface area contributed by atoms with E-state index in [9.17, 15) is 13.2 Å². The van der Waals surface area contributed by atoms with Crippen molar-refractivity contribution in [1.82, 2.24) is 10.2 Å². The zero-order chi connectivity index (χ0) is 14.2. The van der Waals surface area contributed by atoms with Crippen LogP contribution in [0.4, 0.5) is 0 Å². The van der Waals surface area contributed by atoms with Gasteiger partial charge in [-0.25, -0.2) is 8.42 Å². The third-order valence-electron chi connectivity index (χ3n) is 4.67. The lowest BCUT2D eigenvalue weighted by atomic mass is 10.1. The van der Waals surface area contributed by atoms with Gasteiger partial charge in [0.2, 0.25) is 5.91 Å². The highest BCUT2D eigenvalue weighted by atomic mass is 32.2. The summed E-state index contributed by atoms with van der Waals surface area (Å²) in [6, 6.07) is 0.399. The lowest BCUT2D eigenvalue weighted by molar-refractivity contribution is -0.135. The van der Waals surface area contributed by atoms with Gasteiger partial charge in [-0.1, -0.05) is 0 Å². The van der Waals surface area contributed by atoms with Crippen LogP contribution in [0.15, 0.2) is 0 Å². The number of sulfone groups is 1. The summed E-state index contributed by atoms with van der Waals surface area (Å²) in [5, 5.41) is 3.43. The van der Waals surface area contributed by atoms with Crippen molar-refractivity contribution in [2.75, 3.05) is 31.1 Å². The van der Waals surface area contributed by atoms with E-state index < -0.39 is 9.84 Å². The second-order valence-corrected chi connectivity index (χ2v) is 8.81. The van der Waals surface area contributed by atoms with Crippen LogP contribution in [0.1, 0.15) is 32.1 Å². The Kier molecular flexibility index (Phi) is 4.04. The van der Waals surface area contributed by atoms with Crippen LogP contribution in [0.3, 0.4) is 0 Å². The van der Waals surface area contributed by atoms with Gasteiger partial charge in [0.25, 0.3) is 0 Å². The van der Waals surface area contributed by atoms with Crippen LogP contribution in [0.5, 0.6) is 0 Å². The Hall–Kier alpha value is -0.620. The summed E-state index contributed by atoms with van der Waals surface area (Å²) in [5.41, 5.74) is 0. The minimum Gasteiger partial charge on any atom is -0.341 e. The van der Waals surface area contributed by atoms with Gasteiger partial charge in [0.05, 0.1) is 17.4 Å². The fourth-order valence-electron chi connectivity index (χ4n) is 3.29. The smallest absolute Gasteiger partial charge is 0.226 e. The van der Waals surface area contributed by atoms with Crippen molar-refractivity contribution in [3.63, 3.8) is 0 Å². The maximum atomic E-state index is 12.6. The average molecular weight is 300 g/mol. The Morgan fingerprint density at radius 2 is 1.95 bits per heavy atom. The Morgan fingerprint density at radius 3 is 2.50 bits per heavy atom. The maximum Gasteiger partial charge on any atom is 0.226 e. The van der Waals surface area contributed by atoms with Crippen molar-refractivity contribution >= 4 is 15.7 Å². The van der Waals surface area contributed by atoms with Crippen LogP contribution in [-0.2, 0) is 14.6 Å². The molecule has 0 radical (unpaired) electrons. The fourth-order valence-corrected chi connectivity index (χ4v) is 5.03. The van der Waals surface area contributed by atoms with Crippen LogP contribution < -0.4 is 5.32 Å². The highest BCUT2D eigenvalue weighted by Crippen LogP contribution is 2.31. The van der Waals surface area contributed by atoms with E-state index in [1.54, 1.807) is 0 Å². The molecule has 3 fully saturated rings. The number of nitrogens with one attached hydrogen (secondary N) is 1. The van der Waals surface area contributed by atoms with Crippen molar-refractivity contribution in [1.29, 1.82) is 0 Å². The normalized spacial score (nSPS) is 32.4. The number of carbonyl (C=O) groups is 1. The lowest BCUT2D eigenvalue weighted by Crippen LogP contribution is -2.45. The second-order valence-electron chi connectivity index (χ2n) is 6.58. The van der Waals surface area contributed by atoms with Gasteiger partial charge < -0.3 is 10.2 Å². The monoisotopic (exact) mass is 300 g/mol. The number of hydrogen-bond acceptors (Lipinski definition) is 4. The van der Waals surface area contributed by atoms with Gasteiger partial charge in [0.15, 0.2) is 9.84 Å². The molecular formula is C14H24N2O3S. The van der Waals surface area contributed by atoms with Gasteiger partial charge in [-0.3, -0.25) is 4.79 Å². The number of nitrogens with zero attached hydrogens (tertiary/aromatic N) is 1. The predicted molar refractivity (Wildman–Crippen MR) is 77.1 cm³/mol. The molecule has 0 bridgehead atoms. The third kappa shape index (κ3) is 3.52. The van der Waals surface area contributed by atoms with Crippen LogP contribution in [0.25, 0.3) is 0 Å². The fraction of sp³-hybridized carbons (Fsp3) is 0.929. The van der Waals surface area contributed by atoms with Gasteiger partial charge in [-0.15, -0.1) is 0 Å². The molecule has 0 spiro atoms. The van der Waals surface area contributed by atoms with E-state index >= 15 is 0 Å². The molecule has 2 saturated heterocycles. The number of hydrogen-bond donors (Lipinski definition) is 1. The van der Waals surface area contributed by atoms with Gasteiger partial charge in [-0.05, 0) is 44.6 Å². The first-order chi connectivity index (χ1) is 9.53. The second kappa shape index (κ2) is 5.64. The summed E-state index contributed by atoms with van der Waals surface area (Å²) in [7, 11) is -2.98. The first-order valence-electron chi connectivity index (χ1n) is 7.76. The van der Waals surface area contributed by atoms with E-state index in [4.69, 9.17) is 0 Å². The topological polar surface area (TPSA) is 66.5 Å². The standard InChI is InChI=1S/C14H24N2O3S/c17-14(12-5-7-20(18,19)10-12)16(8-11-3-4-11)9-13-2-1-6-15-13/h11-13,15H,1-10H2. The van der Waals surface area contributed by atoms with Gasteiger partial charge in [0.1, 0.15) is 0 Å². The molecule has 0 aromatic carbocycles. The summed E-state index contributed by atoms with van der Waals surface area (Å²) >= 11 is 0. The molecule has 2 heterocycles. The van der Waals surface area contributed by atoms with Crippen molar-refractivity contribution < 1.29 is 13.2 Å². The van der Waals surface area contributed by atoms with E-state index in [0.717, 1.165) is 26.1 Å². The minimum atomic E-state index is -2.98. The van der Waals surface area contributed by atoms with Crippen molar-refractivity contribution in [2.45, 2.75) is 38.1 Å². The maximum absolute atomic E-state index is 12.6. The highest BCUT2D eigenvalue weighted by molar-refractivity contribution is 7.91. The Morgan fingerprint density at radius 1 is 1.15 bits per heavy atom. The molecule has 1 saturated carbocycles. The zero-order valence-electron chi connectivity index (χ0n) is 11.9. The summed E-state index contributed by atoms with van der Waals surface area (Å²) in [6.07, 6.45) is 5.24. The number of carbonyl (C=O) groups excluding carboxylic acids is 1. The molecular weight excluding hydrogens is 276 g/mol. The zero-order valence-corrected chi connectivity index (χ0v) is 12.7. The molecule has 2 unspecified atom stereocenters.